The van der Waals surface area contributed by atoms with Gasteiger partial charge in [0.1, 0.15) is 29.4 Å². The standard InChI is InChI=1S/C40H41N3O11S/c1-17-11-20-13-39(47)15-42(4)29(26(20)31(45)32(17)49-6)30-36-28-27(35-34(51-16-52-35)18(2)33(28)53-19(3)44)24(43(30)39)14-50-38(46)40(55-36)37-22(9-10-41-40)23-12-21(48-5)7-8-25(23)54-37/h7-8,11-12,24,29-30,36,41,45,47H,9-10,13-16H2,1-6H3/t24?,29-,30+,36+,39?,40-/m0/s1. The van der Waals surface area contributed by atoms with Gasteiger partial charge in [-0.05, 0) is 56.6 Å². The van der Waals surface area contributed by atoms with Gasteiger partial charge in [0.15, 0.2) is 28.8 Å². The number of furan rings is 1. The molecule has 1 fully saturated rings. The molecule has 0 aliphatic carbocycles. The second kappa shape index (κ2) is 11.9. The molecular weight excluding hydrogens is 731 g/mol. The predicted octanol–water partition coefficient (Wildman–Crippen LogP) is 4.41. The van der Waals surface area contributed by atoms with Crippen LogP contribution < -0.4 is 29.0 Å². The van der Waals surface area contributed by atoms with Crippen LogP contribution in [0.25, 0.3) is 11.0 Å². The van der Waals surface area contributed by atoms with Crippen molar-refractivity contribution >= 4 is 34.7 Å². The summed E-state index contributed by atoms with van der Waals surface area (Å²) in [5.74, 6) is 1.50. The number of carbonyl (C=O) groups is 2. The summed E-state index contributed by atoms with van der Waals surface area (Å²) in [6.07, 6.45) is 0.739. The summed E-state index contributed by atoms with van der Waals surface area (Å²) < 4.78 is 42.8. The Hall–Kier alpha value is -4.67. The Balaban J connectivity index is 1.30. The maximum Gasteiger partial charge on any atom is 0.345 e. The summed E-state index contributed by atoms with van der Waals surface area (Å²) in [6.45, 7) is 5.42. The van der Waals surface area contributed by atoms with Crippen molar-refractivity contribution < 1.29 is 52.6 Å². The van der Waals surface area contributed by atoms with Gasteiger partial charge in [-0.2, -0.15) is 0 Å². The number of hydrogen-bond acceptors (Lipinski definition) is 15. The van der Waals surface area contributed by atoms with E-state index >= 15 is 0 Å². The van der Waals surface area contributed by atoms with Gasteiger partial charge in [0.05, 0.1) is 31.6 Å². The summed E-state index contributed by atoms with van der Waals surface area (Å²) in [5.41, 5.74) is 3.87. The van der Waals surface area contributed by atoms with Gasteiger partial charge in [-0.1, -0.05) is 6.07 Å². The van der Waals surface area contributed by atoms with E-state index < -0.39 is 45.9 Å². The number of benzene rings is 3. The Morgan fingerprint density at radius 2 is 1.85 bits per heavy atom. The number of piperazine rings is 1. The number of carbonyl (C=O) groups excluding carboxylic acids is 2. The van der Waals surface area contributed by atoms with Crippen LogP contribution >= 0.6 is 11.8 Å². The minimum atomic E-state index is -1.59. The number of nitrogens with zero attached hydrogens (tertiary/aromatic N) is 2. The van der Waals surface area contributed by atoms with Crippen molar-refractivity contribution in [2.45, 2.75) is 67.6 Å². The Morgan fingerprint density at radius 1 is 1.05 bits per heavy atom. The summed E-state index contributed by atoms with van der Waals surface area (Å²) in [6, 6.07) is 5.55. The molecule has 1 aromatic heterocycles. The van der Waals surface area contributed by atoms with Crippen LogP contribution in [-0.4, -0.2) is 91.5 Å². The normalized spacial score (nSPS) is 29.0. The van der Waals surface area contributed by atoms with Crippen LogP contribution in [-0.2, 0) is 32.0 Å². The number of esters is 2. The fraction of sp³-hybridized carbons (Fsp3) is 0.450. The van der Waals surface area contributed by atoms with Gasteiger partial charge < -0.3 is 43.1 Å². The Morgan fingerprint density at radius 3 is 2.62 bits per heavy atom. The summed E-state index contributed by atoms with van der Waals surface area (Å²) in [4.78, 5) is 30.5. The molecule has 2 unspecified atom stereocenters. The molecule has 8 heterocycles. The summed E-state index contributed by atoms with van der Waals surface area (Å²) in [5, 5.41) is 28.9. The van der Waals surface area contributed by atoms with E-state index in [1.807, 2.05) is 50.1 Å². The van der Waals surface area contributed by atoms with Crippen molar-refractivity contribution in [3.8, 4) is 34.5 Å². The van der Waals surface area contributed by atoms with Crippen molar-refractivity contribution in [2.24, 2.45) is 0 Å². The molecule has 7 aliphatic rings. The van der Waals surface area contributed by atoms with Crippen molar-refractivity contribution in [3.63, 3.8) is 0 Å². The molecule has 11 rings (SSSR count). The highest BCUT2D eigenvalue weighted by atomic mass is 32.2. The molecule has 14 nitrogen and oxygen atoms in total. The number of aromatic hydroxyl groups is 1. The third-order valence-electron chi connectivity index (χ3n) is 12.3. The Bertz CT molecular complexity index is 2360. The van der Waals surface area contributed by atoms with Gasteiger partial charge in [0.25, 0.3) is 0 Å². The first-order valence-corrected chi connectivity index (χ1v) is 19.2. The predicted molar refractivity (Wildman–Crippen MR) is 198 cm³/mol. The van der Waals surface area contributed by atoms with Crippen LogP contribution in [0, 0.1) is 13.8 Å². The molecule has 0 radical (unpaired) electrons. The largest absolute Gasteiger partial charge is 0.504 e. The summed E-state index contributed by atoms with van der Waals surface area (Å²) >= 11 is 1.29. The average Bonchev–Trinajstić information content (AvgIpc) is 3.76. The first-order valence-electron chi connectivity index (χ1n) is 18.4. The number of phenols is 1. The van der Waals surface area contributed by atoms with Crippen LogP contribution in [0.5, 0.6) is 34.5 Å². The lowest BCUT2D eigenvalue weighted by molar-refractivity contribution is -0.213. The molecular formula is C40H41N3O11S. The zero-order valence-electron chi connectivity index (χ0n) is 31.2. The number of cyclic esters (lactones) is 1. The van der Waals surface area contributed by atoms with Gasteiger partial charge in [0, 0.05) is 65.7 Å². The average molecular weight is 772 g/mol. The maximum absolute atomic E-state index is 15.0. The molecule has 4 bridgehead atoms. The topological polar surface area (TPSA) is 162 Å². The zero-order chi connectivity index (χ0) is 38.3. The highest BCUT2D eigenvalue weighted by molar-refractivity contribution is 8.01. The number of rotatable bonds is 3. The lowest BCUT2D eigenvalue weighted by Gasteiger charge is -2.60. The summed E-state index contributed by atoms with van der Waals surface area (Å²) in [7, 11) is 5.06. The molecule has 3 aromatic carbocycles. The minimum Gasteiger partial charge on any atom is -0.504 e. The number of methoxy groups -OCH3 is 2. The zero-order valence-corrected chi connectivity index (χ0v) is 32.0. The van der Waals surface area contributed by atoms with Crippen LogP contribution in [0.3, 0.4) is 0 Å². The SMILES string of the molecule is COc1ccc2oc3c(c2c1)CCN[C@]31S[C@@H]2c3c(OC(C)=O)c(C)c4c(c3C(COC1=O)N1[C@@H]2[C@@H]2c3c(cc(C)c(OC)c3O)CC1(O)CN2C)OCO4. The maximum atomic E-state index is 15.0. The molecule has 7 aliphatic heterocycles. The van der Waals surface area contributed by atoms with Gasteiger partial charge in [-0.25, -0.2) is 4.79 Å². The number of hydrogen-bond donors (Lipinski definition) is 3. The number of nitrogens with one attached hydrogen (secondary N) is 1. The van der Waals surface area contributed by atoms with Gasteiger partial charge in [-0.3, -0.25) is 19.9 Å². The monoisotopic (exact) mass is 771 g/mol. The fourth-order valence-electron chi connectivity index (χ4n) is 10.3. The lowest BCUT2D eigenvalue weighted by Crippen LogP contribution is -2.69. The van der Waals surface area contributed by atoms with Crippen LogP contribution in [0.1, 0.15) is 69.0 Å². The first-order chi connectivity index (χ1) is 26.4. The molecule has 4 aromatic rings. The number of aliphatic hydroxyl groups is 1. The van der Waals surface area contributed by atoms with Crippen molar-refractivity contribution in [2.75, 3.05) is 47.8 Å². The number of phenolic OH excluding ortho intramolecular Hbond substituents is 1. The lowest BCUT2D eigenvalue weighted by atomic mass is 9.78. The molecule has 0 saturated carbocycles. The van der Waals surface area contributed by atoms with E-state index in [9.17, 15) is 19.8 Å². The minimum absolute atomic E-state index is 0.00477. The number of aryl methyl sites for hydroxylation is 1. The van der Waals surface area contributed by atoms with Crippen LogP contribution in [0.15, 0.2) is 28.7 Å². The van der Waals surface area contributed by atoms with E-state index in [4.69, 9.17) is 32.8 Å². The van der Waals surface area contributed by atoms with Crippen molar-refractivity contribution in [3.05, 3.63) is 69.0 Å². The molecule has 15 heteroatoms. The number of likely N-dealkylation sites (N-methyl/N-ethyl adjacent to an activating group) is 1. The van der Waals surface area contributed by atoms with E-state index in [2.05, 4.69) is 10.2 Å². The molecule has 1 spiro atoms. The third-order valence-corrected chi connectivity index (χ3v) is 13.9. The van der Waals surface area contributed by atoms with Gasteiger partial charge >= 0.3 is 11.9 Å². The van der Waals surface area contributed by atoms with Crippen molar-refractivity contribution in [1.82, 2.24) is 15.1 Å². The van der Waals surface area contributed by atoms with Gasteiger partial charge in [-0.15, -0.1) is 11.8 Å². The fourth-order valence-corrected chi connectivity index (χ4v) is 12.1. The first kappa shape index (κ1) is 34.8. The molecule has 1 saturated heterocycles. The quantitative estimate of drug-likeness (QED) is 0.198. The second-order valence-electron chi connectivity index (χ2n) is 15.3. The van der Waals surface area contributed by atoms with Gasteiger partial charge in [0.2, 0.25) is 11.7 Å². The molecule has 0 amide bonds. The van der Waals surface area contributed by atoms with E-state index in [0.29, 0.717) is 75.3 Å². The molecule has 288 valence electrons. The Kier molecular flexibility index (Phi) is 7.54. The molecule has 3 N–H and O–H groups in total. The highest BCUT2D eigenvalue weighted by Gasteiger charge is 2.66. The van der Waals surface area contributed by atoms with Crippen LogP contribution in [0.4, 0.5) is 0 Å². The van der Waals surface area contributed by atoms with E-state index in [1.54, 1.807) is 7.11 Å². The number of fused-ring (bicyclic) bond motifs is 6. The highest BCUT2D eigenvalue weighted by Crippen LogP contribution is 2.67. The van der Waals surface area contributed by atoms with E-state index in [0.717, 1.165) is 22.1 Å². The van der Waals surface area contributed by atoms with Crippen LogP contribution in [0.2, 0.25) is 0 Å². The molecule has 6 atom stereocenters. The van der Waals surface area contributed by atoms with Crippen molar-refractivity contribution in [1.29, 1.82) is 0 Å². The molecule has 55 heavy (non-hydrogen) atoms. The van der Waals surface area contributed by atoms with E-state index in [-0.39, 0.29) is 32.1 Å². The third kappa shape index (κ3) is 4.58. The second-order valence-corrected chi connectivity index (χ2v) is 16.6. The number of ether oxygens (including phenoxy) is 6. The Labute approximate surface area is 320 Å². The smallest absolute Gasteiger partial charge is 0.345 e. The van der Waals surface area contributed by atoms with E-state index in [1.165, 1.54) is 25.8 Å². The number of thioether (sulfide) groups is 1.